The molecule has 0 bridgehead atoms. The van der Waals surface area contributed by atoms with Gasteiger partial charge >= 0.3 is 0 Å². The first-order valence-corrected chi connectivity index (χ1v) is 8.04. The number of primary amides is 1. The minimum absolute atomic E-state index is 0.238. The number of nitrogens with zero attached hydrogens (tertiary/aromatic N) is 6. The van der Waals surface area contributed by atoms with E-state index in [1.54, 1.807) is 15.4 Å². The summed E-state index contributed by atoms with van der Waals surface area (Å²) in [6.07, 6.45) is 3.47. The quantitative estimate of drug-likeness (QED) is 0.547. The predicted octanol–water partition coefficient (Wildman–Crippen LogP) is 1.61. The van der Waals surface area contributed by atoms with Gasteiger partial charge in [-0.2, -0.15) is 19.7 Å². The minimum Gasteiger partial charge on any atom is -0.370 e. The highest BCUT2D eigenvalue weighted by Gasteiger charge is 2.10. The summed E-state index contributed by atoms with van der Waals surface area (Å²) >= 11 is 0. The molecule has 0 radical (unpaired) electrons. The second-order valence-electron chi connectivity index (χ2n) is 5.67. The Bertz CT molecular complexity index is 1050. The predicted molar refractivity (Wildman–Crippen MR) is 95.5 cm³/mol. The molecule has 9 nitrogen and oxygen atoms in total. The number of hydrogen-bond donors (Lipinski definition) is 2. The van der Waals surface area contributed by atoms with E-state index >= 15 is 0 Å². The minimum atomic E-state index is -0.360. The molecule has 0 atom stereocenters. The molecule has 4 aromatic rings. The Morgan fingerprint density at radius 3 is 2.85 bits per heavy atom. The number of anilines is 2. The van der Waals surface area contributed by atoms with Crippen LogP contribution in [0, 0.1) is 0 Å². The smallest absolute Gasteiger partial charge is 0.254 e. The summed E-state index contributed by atoms with van der Waals surface area (Å²) in [6.45, 7) is 0.432. The van der Waals surface area contributed by atoms with E-state index < -0.39 is 0 Å². The molecular formula is C17H16N8O. The summed E-state index contributed by atoms with van der Waals surface area (Å²) in [7, 11) is 0. The van der Waals surface area contributed by atoms with Crippen LogP contribution in [0.2, 0.25) is 0 Å². The maximum absolute atomic E-state index is 10.9. The Labute approximate surface area is 148 Å². The van der Waals surface area contributed by atoms with Gasteiger partial charge in [-0.3, -0.25) is 9.48 Å². The van der Waals surface area contributed by atoms with Gasteiger partial charge in [0, 0.05) is 36.9 Å². The van der Waals surface area contributed by atoms with Crippen LogP contribution in [0.4, 0.5) is 11.6 Å². The number of rotatable bonds is 6. The average molecular weight is 348 g/mol. The lowest BCUT2D eigenvalue weighted by atomic mass is 10.1. The summed E-state index contributed by atoms with van der Waals surface area (Å²) in [5.41, 5.74) is 6.93. The third-order valence-electron chi connectivity index (χ3n) is 3.81. The Morgan fingerprint density at radius 1 is 1.19 bits per heavy atom. The van der Waals surface area contributed by atoms with E-state index in [0.29, 0.717) is 24.0 Å². The number of amides is 1. The van der Waals surface area contributed by atoms with Crippen molar-refractivity contribution in [1.82, 2.24) is 29.4 Å². The lowest BCUT2D eigenvalue weighted by Gasteiger charge is -2.08. The monoisotopic (exact) mass is 348 g/mol. The lowest BCUT2D eigenvalue weighted by molar-refractivity contribution is -0.118. The summed E-state index contributed by atoms with van der Waals surface area (Å²) in [5.74, 6) is 1.44. The second kappa shape index (κ2) is 6.63. The topological polar surface area (TPSA) is 116 Å². The maximum atomic E-state index is 10.9. The molecule has 0 saturated heterocycles. The number of hydrogen-bond acceptors (Lipinski definition) is 6. The van der Waals surface area contributed by atoms with Gasteiger partial charge in [-0.15, -0.1) is 0 Å². The Hall–Kier alpha value is -3.75. The van der Waals surface area contributed by atoms with Crippen LogP contribution in [0.15, 0.2) is 55.0 Å². The van der Waals surface area contributed by atoms with Crippen molar-refractivity contribution in [2.24, 2.45) is 5.73 Å². The van der Waals surface area contributed by atoms with E-state index in [-0.39, 0.29) is 12.3 Å². The average Bonchev–Trinajstić information content (AvgIpc) is 3.30. The maximum Gasteiger partial charge on any atom is 0.254 e. The van der Waals surface area contributed by atoms with Crippen LogP contribution in [0.3, 0.4) is 0 Å². The molecule has 0 aliphatic carbocycles. The number of nitrogens with two attached hydrogens (primary N) is 1. The van der Waals surface area contributed by atoms with Crippen molar-refractivity contribution in [2.45, 2.75) is 13.0 Å². The molecule has 1 amide bonds. The Morgan fingerprint density at radius 2 is 2.04 bits per heavy atom. The van der Waals surface area contributed by atoms with Gasteiger partial charge in [-0.25, -0.2) is 4.98 Å². The molecule has 0 fully saturated rings. The number of carbonyl (C=O) groups excluding carboxylic acids is 1. The van der Waals surface area contributed by atoms with Gasteiger partial charge < -0.3 is 11.1 Å². The molecule has 4 rings (SSSR count). The van der Waals surface area contributed by atoms with Crippen LogP contribution < -0.4 is 11.1 Å². The van der Waals surface area contributed by atoms with Gasteiger partial charge in [0.25, 0.3) is 5.78 Å². The standard InChI is InChI=1S/C17H16N8O/c18-14(26)6-8-24-9-7-15(23-24)22-16-10-13(12-4-2-1-3-5-12)21-17-19-11-20-25(16)17/h1-5,7,9-11H,6,8H2,(H2,18,26)(H,22,23). The van der Waals surface area contributed by atoms with Crippen molar-refractivity contribution >= 4 is 23.3 Å². The van der Waals surface area contributed by atoms with Crippen LogP contribution in [-0.2, 0) is 11.3 Å². The first-order chi connectivity index (χ1) is 12.7. The summed E-state index contributed by atoms with van der Waals surface area (Å²) in [5, 5.41) is 11.8. The Kier molecular flexibility index (Phi) is 4.02. The van der Waals surface area contributed by atoms with Gasteiger partial charge in [0.05, 0.1) is 5.69 Å². The molecular weight excluding hydrogens is 332 g/mol. The summed E-state index contributed by atoms with van der Waals surface area (Å²) in [4.78, 5) is 19.6. The van der Waals surface area contributed by atoms with E-state index in [0.717, 1.165) is 11.3 Å². The van der Waals surface area contributed by atoms with E-state index in [1.807, 2.05) is 42.5 Å². The third-order valence-corrected chi connectivity index (χ3v) is 3.81. The molecule has 26 heavy (non-hydrogen) atoms. The molecule has 3 heterocycles. The molecule has 0 aliphatic rings. The summed E-state index contributed by atoms with van der Waals surface area (Å²) < 4.78 is 3.26. The van der Waals surface area contributed by atoms with Crippen LogP contribution in [0.25, 0.3) is 17.0 Å². The van der Waals surface area contributed by atoms with Crippen LogP contribution in [0.5, 0.6) is 0 Å². The van der Waals surface area contributed by atoms with Crippen molar-refractivity contribution in [1.29, 1.82) is 0 Å². The molecule has 0 saturated carbocycles. The molecule has 130 valence electrons. The molecule has 0 spiro atoms. The number of fused-ring (bicyclic) bond motifs is 1. The molecule has 9 heteroatoms. The fourth-order valence-electron chi connectivity index (χ4n) is 2.57. The summed E-state index contributed by atoms with van der Waals surface area (Å²) in [6, 6.07) is 13.5. The van der Waals surface area contributed by atoms with E-state index in [1.165, 1.54) is 6.33 Å². The highest BCUT2D eigenvalue weighted by Crippen LogP contribution is 2.23. The number of carbonyl (C=O) groups is 1. The van der Waals surface area contributed by atoms with Crippen molar-refractivity contribution in [3.8, 4) is 11.3 Å². The molecule has 3 N–H and O–H groups in total. The number of aromatic nitrogens is 6. The van der Waals surface area contributed by atoms with Gasteiger partial charge in [-0.05, 0) is 0 Å². The normalized spacial score (nSPS) is 10.9. The highest BCUT2D eigenvalue weighted by molar-refractivity contribution is 5.73. The third kappa shape index (κ3) is 3.22. The largest absolute Gasteiger partial charge is 0.370 e. The van der Waals surface area contributed by atoms with Crippen molar-refractivity contribution in [3.63, 3.8) is 0 Å². The fraction of sp³-hybridized carbons (Fsp3) is 0.118. The number of benzene rings is 1. The van der Waals surface area contributed by atoms with Crippen LogP contribution in [0.1, 0.15) is 6.42 Å². The highest BCUT2D eigenvalue weighted by atomic mass is 16.1. The van der Waals surface area contributed by atoms with Crippen molar-refractivity contribution in [3.05, 3.63) is 55.0 Å². The SMILES string of the molecule is NC(=O)CCn1ccc(Nc2cc(-c3ccccc3)nc3ncnn23)n1. The van der Waals surface area contributed by atoms with Crippen molar-refractivity contribution < 1.29 is 4.79 Å². The number of aryl methyl sites for hydroxylation is 1. The Balaban J connectivity index is 1.66. The number of nitrogens with one attached hydrogen (secondary N) is 1. The molecule has 3 aromatic heterocycles. The van der Waals surface area contributed by atoms with Crippen LogP contribution in [-0.4, -0.2) is 35.3 Å². The molecule has 0 aliphatic heterocycles. The zero-order chi connectivity index (χ0) is 17.9. The molecule has 1 aromatic carbocycles. The zero-order valence-electron chi connectivity index (χ0n) is 13.8. The van der Waals surface area contributed by atoms with Gasteiger partial charge in [0.1, 0.15) is 12.1 Å². The van der Waals surface area contributed by atoms with E-state index in [9.17, 15) is 4.79 Å². The molecule has 0 unspecified atom stereocenters. The van der Waals surface area contributed by atoms with Gasteiger partial charge in [0.2, 0.25) is 5.91 Å². The van der Waals surface area contributed by atoms with E-state index in [2.05, 4.69) is 25.5 Å². The fourth-order valence-corrected chi connectivity index (χ4v) is 2.57. The lowest BCUT2D eigenvalue weighted by Crippen LogP contribution is -2.14. The van der Waals surface area contributed by atoms with Crippen LogP contribution >= 0.6 is 0 Å². The van der Waals surface area contributed by atoms with Crippen molar-refractivity contribution in [2.75, 3.05) is 5.32 Å². The van der Waals surface area contributed by atoms with Gasteiger partial charge in [-0.1, -0.05) is 30.3 Å². The second-order valence-corrected chi connectivity index (χ2v) is 5.67. The van der Waals surface area contributed by atoms with Gasteiger partial charge in [0.15, 0.2) is 5.82 Å². The first kappa shape index (κ1) is 15.8. The van der Waals surface area contributed by atoms with E-state index in [4.69, 9.17) is 5.73 Å². The first-order valence-electron chi connectivity index (χ1n) is 8.04. The zero-order valence-corrected chi connectivity index (χ0v) is 13.8.